The molecular weight excluding hydrogens is 367 g/mol. The molecular formula is C22H31BN2O4. The molecule has 0 atom stereocenters. The topological polar surface area (TPSA) is 80.6 Å². The summed E-state index contributed by atoms with van der Waals surface area (Å²) in [6, 6.07) is 7.65. The molecule has 1 aromatic rings. The normalized spacial score (nSPS) is 18.3. The van der Waals surface area contributed by atoms with E-state index in [-0.39, 0.29) is 6.54 Å². The lowest BCUT2D eigenvalue weighted by Gasteiger charge is -2.32. The molecule has 0 radical (unpaired) electrons. The molecule has 0 aromatic heterocycles. The fourth-order valence-corrected chi connectivity index (χ4v) is 2.75. The lowest BCUT2D eigenvalue weighted by Crippen LogP contribution is -2.41. The smallest absolute Gasteiger partial charge is 0.444 e. The Labute approximate surface area is 174 Å². The van der Waals surface area contributed by atoms with E-state index < -0.39 is 30.0 Å². The largest absolute Gasteiger partial charge is 0.492 e. The molecule has 0 aliphatic carbocycles. The highest BCUT2D eigenvalue weighted by Gasteiger charge is 2.52. The number of carbonyl (C=O) groups is 1. The molecule has 1 heterocycles. The summed E-state index contributed by atoms with van der Waals surface area (Å²) in [5, 5.41) is 12.0. The van der Waals surface area contributed by atoms with Crippen molar-refractivity contribution in [2.75, 3.05) is 6.54 Å². The lowest BCUT2D eigenvalue weighted by atomic mass is 9.76. The zero-order valence-corrected chi connectivity index (χ0v) is 18.7. The average Bonchev–Trinajstić information content (AvgIpc) is 2.79. The van der Waals surface area contributed by atoms with Gasteiger partial charge in [-0.25, -0.2) is 4.79 Å². The van der Waals surface area contributed by atoms with E-state index in [1.165, 1.54) is 0 Å². The molecule has 0 spiro atoms. The van der Waals surface area contributed by atoms with Gasteiger partial charge in [0.05, 0.1) is 22.8 Å². The van der Waals surface area contributed by atoms with Crippen molar-refractivity contribution in [2.24, 2.45) is 0 Å². The molecule has 0 bridgehead atoms. The van der Waals surface area contributed by atoms with Crippen LogP contribution in [0.15, 0.2) is 23.7 Å². The zero-order valence-electron chi connectivity index (χ0n) is 18.7. The predicted octanol–water partition coefficient (Wildman–Crippen LogP) is 4.41. The van der Waals surface area contributed by atoms with Crippen molar-refractivity contribution >= 4 is 19.3 Å². The first-order valence-corrected chi connectivity index (χ1v) is 9.78. The highest BCUT2D eigenvalue weighted by atomic mass is 16.7. The minimum Gasteiger partial charge on any atom is -0.444 e. The molecule has 0 unspecified atom stereocenters. The molecule has 1 aromatic carbocycles. The maximum Gasteiger partial charge on any atom is 0.492 e. The first-order chi connectivity index (χ1) is 13.2. The van der Waals surface area contributed by atoms with Crippen molar-refractivity contribution < 1.29 is 18.8 Å². The molecule has 2 rings (SSSR count). The monoisotopic (exact) mass is 398 g/mol. The third kappa shape index (κ3) is 5.85. The van der Waals surface area contributed by atoms with E-state index >= 15 is 0 Å². The number of hydrogen-bond acceptors (Lipinski definition) is 5. The number of aryl methyl sites for hydroxylation is 1. The first-order valence-electron chi connectivity index (χ1n) is 9.78. The third-order valence-electron chi connectivity index (χ3n) is 5.14. The summed E-state index contributed by atoms with van der Waals surface area (Å²) in [6.07, 6.45) is 1.40. The van der Waals surface area contributed by atoms with Crippen LogP contribution in [0.5, 0.6) is 0 Å². The standard InChI is InChI=1S/C22H31BN2O4/c1-15-9-10-16(13-24)11-17(15)12-18(14-25-19(26)27-20(2,3)4)23-28-21(5,6)22(7,8)29-23/h9-12H,14H2,1-8H3,(H,25,26). The summed E-state index contributed by atoms with van der Waals surface area (Å²) in [5.41, 5.74) is 1.59. The Balaban J connectivity index is 2.34. The number of hydrogen-bond donors (Lipinski definition) is 1. The van der Waals surface area contributed by atoms with Gasteiger partial charge in [0, 0.05) is 6.54 Å². The van der Waals surface area contributed by atoms with E-state index in [2.05, 4.69) is 11.4 Å². The van der Waals surface area contributed by atoms with Gasteiger partial charge in [-0.1, -0.05) is 12.1 Å². The first kappa shape index (κ1) is 23.0. The van der Waals surface area contributed by atoms with Crippen LogP contribution in [0.3, 0.4) is 0 Å². The van der Waals surface area contributed by atoms with Gasteiger partial charge < -0.3 is 19.4 Å². The quantitative estimate of drug-likeness (QED) is 0.760. The third-order valence-corrected chi connectivity index (χ3v) is 5.14. The molecule has 1 N–H and O–H groups in total. The van der Waals surface area contributed by atoms with Crippen molar-refractivity contribution in [1.82, 2.24) is 5.32 Å². The van der Waals surface area contributed by atoms with Crippen LogP contribution in [0.4, 0.5) is 4.79 Å². The average molecular weight is 398 g/mol. The Morgan fingerprint density at radius 1 is 1.24 bits per heavy atom. The Morgan fingerprint density at radius 2 is 1.83 bits per heavy atom. The maximum atomic E-state index is 12.2. The van der Waals surface area contributed by atoms with Gasteiger partial charge >= 0.3 is 13.2 Å². The summed E-state index contributed by atoms with van der Waals surface area (Å²) in [7, 11) is -0.625. The Morgan fingerprint density at radius 3 is 2.34 bits per heavy atom. The molecule has 156 valence electrons. The van der Waals surface area contributed by atoms with Crippen LogP contribution in [0.2, 0.25) is 0 Å². The van der Waals surface area contributed by atoms with Gasteiger partial charge in [-0.3, -0.25) is 0 Å². The van der Waals surface area contributed by atoms with Crippen LogP contribution in [0.25, 0.3) is 6.08 Å². The van der Waals surface area contributed by atoms with Crippen LogP contribution in [-0.4, -0.2) is 36.6 Å². The van der Waals surface area contributed by atoms with Crippen LogP contribution in [0.1, 0.15) is 65.2 Å². The number of nitrogens with zero attached hydrogens (tertiary/aromatic N) is 1. The van der Waals surface area contributed by atoms with E-state index in [1.807, 2.05) is 73.6 Å². The summed E-state index contributed by atoms with van der Waals surface area (Å²) in [5.74, 6) is 0. The van der Waals surface area contributed by atoms with Crippen molar-refractivity contribution in [1.29, 1.82) is 5.26 Å². The van der Waals surface area contributed by atoms with Gasteiger partial charge in [0.25, 0.3) is 0 Å². The summed E-state index contributed by atoms with van der Waals surface area (Å²) in [6.45, 7) is 15.5. The van der Waals surface area contributed by atoms with Crippen molar-refractivity contribution in [3.8, 4) is 6.07 Å². The number of rotatable bonds is 4. The predicted molar refractivity (Wildman–Crippen MR) is 114 cm³/mol. The number of benzene rings is 1. The number of carbonyl (C=O) groups excluding carboxylic acids is 1. The minimum absolute atomic E-state index is 0.196. The Kier molecular flexibility index (Phi) is 6.51. The summed E-state index contributed by atoms with van der Waals surface area (Å²) < 4.78 is 17.7. The van der Waals surface area contributed by atoms with E-state index in [1.54, 1.807) is 6.07 Å². The second kappa shape index (κ2) is 8.21. The van der Waals surface area contributed by atoms with Gasteiger partial charge in [-0.15, -0.1) is 0 Å². The highest BCUT2D eigenvalue weighted by Crippen LogP contribution is 2.38. The van der Waals surface area contributed by atoms with Crippen LogP contribution < -0.4 is 5.32 Å². The van der Waals surface area contributed by atoms with Gasteiger partial charge in [0.1, 0.15) is 5.60 Å². The van der Waals surface area contributed by atoms with Gasteiger partial charge in [-0.2, -0.15) is 5.26 Å². The number of ether oxygens (including phenoxy) is 1. The molecule has 6 nitrogen and oxygen atoms in total. The minimum atomic E-state index is -0.625. The number of nitrogens with one attached hydrogen (secondary N) is 1. The Hall–Kier alpha value is -2.30. The molecule has 29 heavy (non-hydrogen) atoms. The second-order valence-electron chi connectivity index (χ2n) is 9.35. The van der Waals surface area contributed by atoms with Crippen LogP contribution in [0, 0.1) is 18.3 Å². The molecule has 0 saturated carbocycles. The molecule has 1 amide bonds. The molecule has 1 saturated heterocycles. The van der Waals surface area contributed by atoms with Gasteiger partial charge in [0.15, 0.2) is 0 Å². The van der Waals surface area contributed by atoms with Crippen LogP contribution in [-0.2, 0) is 14.0 Å². The number of alkyl carbamates (subject to hydrolysis) is 1. The molecule has 1 fully saturated rings. The van der Waals surface area contributed by atoms with Crippen molar-refractivity contribution in [3.05, 3.63) is 40.4 Å². The van der Waals surface area contributed by atoms with Crippen LogP contribution >= 0.6 is 0 Å². The second-order valence-corrected chi connectivity index (χ2v) is 9.35. The Bertz CT molecular complexity index is 831. The van der Waals surface area contributed by atoms with Gasteiger partial charge in [0.2, 0.25) is 0 Å². The lowest BCUT2D eigenvalue weighted by molar-refractivity contribution is 0.00578. The van der Waals surface area contributed by atoms with Gasteiger partial charge in [-0.05, 0) is 84.1 Å². The van der Waals surface area contributed by atoms with E-state index in [0.717, 1.165) is 16.6 Å². The fourth-order valence-electron chi connectivity index (χ4n) is 2.75. The number of nitriles is 1. The fraction of sp³-hybridized carbons (Fsp3) is 0.545. The van der Waals surface area contributed by atoms with E-state index in [4.69, 9.17) is 14.0 Å². The van der Waals surface area contributed by atoms with Crippen molar-refractivity contribution in [2.45, 2.75) is 72.2 Å². The summed E-state index contributed by atoms with van der Waals surface area (Å²) >= 11 is 0. The van der Waals surface area contributed by atoms with E-state index in [9.17, 15) is 10.1 Å². The van der Waals surface area contributed by atoms with E-state index in [0.29, 0.717) is 5.56 Å². The zero-order chi connectivity index (χ0) is 22.0. The molecule has 1 aliphatic heterocycles. The SMILES string of the molecule is Cc1ccc(C#N)cc1C=C(CNC(=O)OC(C)(C)C)B1OC(C)(C)C(C)(C)O1. The molecule has 7 heteroatoms. The molecule has 1 aliphatic rings. The highest BCUT2D eigenvalue weighted by molar-refractivity contribution is 6.56. The summed E-state index contributed by atoms with van der Waals surface area (Å²) in [4.78, 5) is 12.2. The van der Waals surface area contributed by atoms with Crippen molar-refractivity contribution in [3.63, 3.8) is 0 Å². The number of amides is 1. The maximum absolute atomic E-state index is 12.2.